The van der Waals surface area contributed by atoms with Gasteiger partial charge in [0.15, 0.2) is 11.6 Å². The summed E-state index contributed by atoms with van der Waals surface area (Å²) in [5, 5.41) is 15.8. The van der Waals surface area contributed by atoms with E-state index in [1.54, 1.807) is 0 Å². The highest BCUT2D eigenvalue weighted by molar-refractivity contribution is 6.16. The third-order valence-corrected chi connectivity index (χ3v) is 10.5. The molecule has 0 bridgehead atoms. The van der Waals surface area contributed by atoms with Gasteiger partial charge >= 0.3 is 0 Å². The maximum absolute atomic E-state index is 4.66. The number of rotatable bonds is 5. The maximum atomic E-state index is 4.66. The molecule has 0 amide bonds. The predicted octanol–water partition coefficient (Wildman–Crippen LogP) is 11.4. The van der Waals surface area contributed by atoms with E-state index in [1.165, 1.54) is 54.9 Å². The van der Waals surface area contributed by atoms with E-state index in [2.05, 4.69) is 143 Å². The monoisotopic (exact) mass is 640 g/mol. The largest absolute Gasteiger partial charge is 0.275 e. The first-order valence-electron chi connectivity index (χ1n) is 17.1. The Balaban J connectivity index is 1.07. The molecule has 0 unspecified atom stereocenters. The zero-order chi connectivity index (χ0) is 33.4. The molecule has 4 heteroatoms. The van der Waals surface area contributed by atoms with Gasteiger partial charge in [0.2, 0.25) is 0 Å². The zero-order valence-corrected chi connectivity index (χ0v) is 27.8. The van der Waals surface area contributed by atoms with Crippen molar-refractivity contribution < 1.29 is 0 Å². The van der Waals surface area contributed by atoms with Gasteiger partial charge in [-0.15, -0.1) is 10.2 Å². The van der Waals surface area contributed by atoms with E-state index in [0.29, 0.717) is 0 Å². The highest BCUT2D eigenvalue weighted by Gasteiger charge is 2.35. The van der Waals surface area contributed by atoms with Crippen molar-refractivity contribution in [3.8, 4) is 50.7 Å². The molecule has 0 radical (unpaired) electrons. The second kappa shape index (κ2) is 10.8. The fourth-order valence-corrected chi connectivity index (χ4v) is 7.93. The Morgan fingerprint density at radius 3 is 1.58 bits per heavy atom. The zero-order valence-electron chi connectivity index (χ0n) is 27.8. The predicted molar refractivity (Wildman–Crippen MR) is 206 cm³/mol. The lowest BCUT2D eigenvalue weighted by Gasteiger charge is -2.23. The van der Waals surface area contributed by atoms with Crippen molar-refractivity contribution in [2.24, 2.45) is 0 Å². The Bertz CT molecular complexity index is 2700. The van der Waals surface area contributed by atoms with Crippen molar-refractivity contribution in [3.63, 3.8) is 0 Å². The van der Waals surface area contributed by atoms with E-state index in [9.17, 15) is 0 Å². The van der Waals surface area contributed by atoms with Crippen molar-refractivity contribution in [1.29, 1.82) is 0 Å². The van der Waals surface area contributed by atoms with Gasteiger partial charge in [0.25, 0.3) is 0 Å². The van der Waals surface area contributed by atoms with Crippen molar-refractivity contribution in [2.45, 2.75) is 19.3 Å². The number of fused-ring (bicyclic) bond motifs is 1. The van der Waals surface area contributed by atoms with Crippen LogP contribution >= 0.6 is 0 Å². The van der Waals surface area contributed by atoms with Crippen LogP contribution in [-0.2, 0) is 5.41 Å². The number of hydrogen-bond donors (Lipinski definition) is 0. The first-order valence-corrected chi connectivity index (χ1v) is 17.1. The molecule has 0 fully saturated rings. The molecule has 50 heavy (non-hydrogen) atoms. The SMILES string of the molecule is CC1(C)c2cc(-c3ccc(-n4c(-c5ccccc5)nnc4-c4ccccc4)cc3)cc3ccc4cc(-c5ccc6ncccc6c5)cc1c4c23. The van der Waals surface area contributed by atoms with Gasteiger partial charge in [-0.2, -0.15) is 0 Å². The van der Waals surface area contributed by atoms with E-state index < -0.39 is 0 Å². The lowest BCUT2D eigenvalue weighted by molar-refractivity contribution is 0.663. The molecule has 2 aromatic heterocycles. The third-order valence-electron chi connectivity index (χ3n) is 10.5. The summed E-state index contributed by atoms with van der Waals surface area (Å²) in [4.78, 5) is 4.53. The van der Waals surface area contributed by atoms with Crippen LogP contribution in [0, 0.1) is 0 Å². The van der Waals surface area contributed by atoms with E-state index in [-0.39, 0.29) is 5.41 Å². The maximum Gasteiger partial charge on any atom is 0.168 e. The van der Waals surface area contributed by atoms with Crippen molar-refractivity contribution in [3.05, 3.63) is 169 Å². The van der Waals surface area contributed by atoms with Crippen LogP contribution in [0.15, 0.2) is 158 Å². The van der Waals surface area contributed by atoms with Gasteiger partial charge in [-0.05, 0) is 110 Å². The molecular formula is C46H32N4. The summed E-state index contributed by atoms with van der Waals surface area (Å²) in [6.07, 6.45) is 1.85. The molecule has 0 saturated heterocycles. The van der Waals surface area contributed by atoms with E-state index in [0.717, 1.165) is 39.4 Å². The van der Waals surface area contributed by atoms with Crippen LogP contribution in [0.1, 0.15) is 25.0 Å². The third kappa shape index (κ3) is 4.35. The van der Waals surface area contributed by atoms with Crippen molar-refractivity contribution >= 4 is 32.4 Å². The van der Waals surface area contributed by atoms with E-state index in [1.807, 2.05) is 48.7 Å². The smallest absolute Gasteiger partial charge is 0.168 e. The topological polar surface area (TPSA) is 43.6 Å². The van der Waals surface area contributed by atoms with Gasteiger partial charge in [-0.25, -0.2) is 0 Å². The van der Waals surface area contributed by atoms with Gasteiger partial charge in [-0.3, -0.25) is 9.55 Å². The summed E-state index contributed by atoms with van der Waals surface area (Å²) in [5.74, 6) is 1.64. The van der Waals surface area contributed by atoms with Crippen LogP contribution in [-0.4, -0.2) is 19.7 Å². The molecule has 0 spiro atoms. The summed E-state index contributed by atoms with van der Waals surface area (Å²) < 4.78 is 2.16. The molecule has 0 N–H and O–H groups in total. The Hall–Kier alpha value is -6.39. The Kier molecular flexibility index (Phi) is 6.19. The molecule has 236 valence electrons. The summed E-state index contributed by atoms with van der Waals surface area (Å²) in [5.41, 5.74) is 11.6. The van der Waals surface area contributed by atoms with Gasteiger partial charge in [0, 0.05) is 33.8 Å². The Labute approximate surface area is 290 Å². The number of benzene rings is 7. The summed E-state index contributed by atoms with van der Waals surface area (Å²) >= 11 is 0. The molecule has 10 rings (SSSR count). The van der Waals surface area contributed by atoms with Crippen molar-refractivity contribution in [1.82, 2.24) is 19.7 Å². The number of pyridine rings is 1. The molecular weight excluding hydrogens is 609 g/mol. The van der Waals surface area contributed by atoms with Gasteiger partial charge < -0.3 is 0 Å². The molecule has 2 heterocycles. The highest BCUT2D eigenvalue weighted by Crippen LogP contribution is 2.51. The van der Waals surface area contributed by atoms with Crippen LogP contribution in [0.2, 0.25) is 0 Å². The summed E-state index contributed by atoms with van der Waals surface area (Å²) in [7, 11) is 0. The Morgan fingerprint density at radius 2 is 0.980 bits per heavy atom. The van der Waals surface area contributed by atoms with Gasteiger partial charge in [0.1, 0.15) is 0 Å². The minimum Gasteiger partial charge on any atom is -0.275 e. The van der Waals surface area contributed by atoms with Crippen LogP contribution in [0.3, 0.4) is 0 Å². The Morgan fingerprint density at radius 1 is 0.440 bits per heavy atom. The quantitative estimate of drug-likeness (QED) is 0.176. The lowest BCUT2D eigenvalue weighted by atomic mass is 9.80. The first-order chi connectivity index (χ1) is 24.5. The molecule has 0 saturated carbocycles. The molecule has 1 aliphatic rings. The number of aromatic nitrogens is 4. The first kappa shape index (κ1) is 28.6. The minimum atomic E-state index is -0.151. The summed E-state index contributed by atoms with van der Waals surface area (Å²) in [6, 6.07) is 54.3. The van der Waals surface area contributed by atoms with Crippen LogP contribution in [0.4, 0.5) is 0 Å². The molecule has 0 atom stereocenters. The average Bonchev–Trinajstić information content (AvgIpc) is 3.72. The van der Waals surface area contributed by atoms with Gasteiger partial charge in [0.05, 0.1) is 5.52 Å². The molecule has 9 aromatic rings. The van der Waals surface area contributed by atoms with Crippen LogP contribution < -0.4 is 0 Å². The standard InChI is InChI=1S/C46H32N4/c1-46(2)39-27-36(25-34-15-16-35-26-37(28-40(46)43(35)42(34)39)32-19-22-41-33(24-32)14-9-23-47-41)29-17-20-38(21-18-29)50-44(30-10-5-3-6-11-30)48-49-45(50)31-12-7-4-8-13-31/h3-28H,1-2H3. The van der Waals surface area contributed by atoms with Crippen molar-refractivity contribution in [2.75, 3.05) is 0 Å². The number of nitrogens with zero attached hydrogens (tertiary/aromatic N) is 4. The average molecular weight is 641 g/mol. The minimum absolute atomic E-state index is 0.151. The molecule has 1 aliphatic carbocycles. The molecule has 0 aliphatic heterocycles. The fourth-order valence-electron chi connectivity index (χ4n) is 7.93. The highest BCUT2D eigenvalue weighted by atomic mass is 15.3. The molecule has 4 nitrogen and oxygen atoms in total. The molecule has 7 aromatic carbocycles. The van der Waals surface area contributed by atoms with E-state index >= 15 is 0 Å². The lowest BCUT2D eigenvalue weighted by Crippen LogP contribution is -2.15. The summed E-state index contributed by atoms with van der Waals surface area (Å²) in [6.45, 7) is 4.75. The normalized spacial score (nSPS) is 13.2. The van der Waals surface area contributed by atoms with E-state index in [4.69, 9.17) is 0 Å². The second-order valence-corrected chi connectivity index (χ2v) is 13.8. The fraction of sp³-hybridized carbons (Fsp3) is 0.0652. The van der Waals surface area contributed by atoms with Crippen LogP contribution in [0.25, 0.3) is 83.2 Å². The number of hydrogen-bond acceptors (Lipinski definition) is 3. The van der Waals surface area contributed by atoms with Gasteiger partial charge in [-0.1, -0.05) is 111 Å². The van der Waals surface area contributed by atoms with Crippen LogP contribution in [0.5, 0.6) is 0 Å². The second-order valence-electron chi connectivity index (χ2n) is 13.8.